The Kier molecular flexibility index (Phi) is 3.17. The molecule has 0 heterocycles. The molecule has 0 aliphatic rings. The van der Waals surface area contributed by atoms with Gasteiger partial charge in [-0.3, -0.25) is 0 Å². The number of hydrogen-bond donors (Lipinski definition) is 2. The summed E-state index contributed by atoms with van der Waals surface area (Å²) in [4.78, 5) is 9.49. The molecule has 0 bridgehead atoms. The summed E-state index contributed by atoms with van der Waals surface area (Å²) < 4.78 is 0. The van der Waals surface area contributed by atoms with Crippen molar-refractivity contribution in [3.8, 4) is 0 Å². The van der Waals surface area contributed by atoms with Crippen molar-refractivity contribution in [1.29, 1.82) is 0 Å². The van der Waals surface area contributed by atoms with Gasteiger partial charge in [-0.2, -0.15) is 12.6 Å². The van der Waals surface area contributed by atoms with Crippen LogP contribution in [0.25, 0.3) is 0 Å². The fourth-order valence-corrected chi connectivity index (χ4v) is 0.185. The fourth-order valence-electron chi connectivity index (χ4n) is 0.0986. The lowest BCUT2D eigenvalue weighted by Gasteiger charge is -1.90. The number of hydrogen-bond acceptors (Lipinski definition) is 3. The molecule has 2 nitrogen and oxygen atoms in total. The molecule has 0 aliphatic carbocycles. The topological polar surface area (TPSA) is 43.1 Å². The maximum absolute atomic E-state index is 9.49. The van der Waals surface area contributed by atoms with E-state index in [1.807, 2.05) is 0 Å². The first kappa shape index (κ1) is 5.98. The van der Waals surface area contributed by atoms with Crippen LogP contribution in [0.4, 0.5) is 0 Å². The molecule has 0 radical (unpaired) electrons. The summed E-state index contributed by atoms with van der Waals surface area (Å²) in [5.41, 5.74) is 5.04. The Bertz CT molecular complexity index is 46.1. The van der Waals surface area contributed by atoms with Crippen LogP contribution in [0.15, 0.2) is 0 Å². The van der Waals surface area contributed by atoms with Gasteiger partial charge in [0.05, 0.1) is 5.37 Å². The molecule has 1 atom stereocenters. The summed E-state index contributed by atoms with van der Waals surface area (Å²) in [7, 11) is 0. The van der Waals surface area contributed by atoms with Crippen LogP contribution in [0.3, 0.4) is 0 Å². The molecule has 6 heavy (non-hydrogen) atoms. The molecule has 0 aromatic heterocycles. The van der Waals surface area contributed by atoms with Crippen molar-refractivity contribution in [1.82, 2.24) is 0 Å². The average molecular weight is 105 g/mol. The third-order valence-electron chi connectivity index (χ3n) is 0.338. The van der Waals surface area contributed by atoms with E-state index in [4.69, 9.17) is 5.73 Å². The van der Waals surface area contributed by atoms with Crippen LogP contribution in [0.2, 0.25) is 0 Å². The highest BCUT2D eigenvalue weighted by molar-refractivity contribution is 7.80. The number of aldehydes is 1. The first-order chi connectivity index (χ1) is 2.77. The zero-order valence-electron chi connectivity index (χ0n) is 3.29. The van der Waals surface area contributed by atoms with Crippen LogP contribution in [0, 0.1) is 0 Å². The number of carbonyl (C=O) groups is 1. The quantitative estimate of drug-likeness (QED) is 0.290. The van der Waals surface area contributed by atoms with Gasteiger partial charge in [-0.1, -0.05) is 0 Å². The molecule has 0 aromatic rings. The molecule has 0 saturated heterocycles. The normalized spacial score (nSPS) is 13.7. The fraction of sp³-hybridized carbons (Fsp3) is 0.667. The minimum absolute atomic E-state index is 0.275. The van der Waals surface area contributed by atoms with E-state index in [0.29, 0.717) is 6.42 Å². The Morgan fingerprint density at radius 3 is 2.50 bits per heavy atom. The number of nitrogens with two attached hydrogens (primary N) is 1. The van der Waals surface area contributed by atoms with Crippen molar-refractivity contribution < 1.29 is 4.79 Å². The molecule has 0 saturated carbocycles. The van der Waals surface area contributed by atoms with E-state index in [0.717, 1.165) is 6.29 Å². The van der Waals surface area contributed by atoms with Gasteiger partial charge in [0, 0.05) is 6.42 Å². The highest BCUT2D eigenvalue weighted by Crippen LogP contribution is 1.84. The molecule has 3 heteroatoms. The van der Waals surface area contributed by atoms with Gasteiger partial charge in [0.15, 0.2) is 0 Å². The molecule has 0 spiro atoms. The van der Waals surface area contributed by atoms with Gasteiger partial charge >= 0.3 is 0 Å². The van der Waals surface area contributed by atoms with E-state index < -0.39 is 0 Å². The van der Waals surface area contributed by atoms with Gasteiger partial charge in [0.25, 0.3) is 0 Å². The molecule has 0 unspecified atom stereocenters. The summed E-state index contributed by atoms with van der Waals surface area (Å²) in [6, 6.07) is 0. The highest BCUT2D eigenvalue weighted by Gasteiger charge is 1.86. The number of rotatable bonds is 2. The first-order valence-corrected chi connectivity index (χ1v) is 2.16. The lowest BCUT2D eigenvalue weighted by molar-refractivity contribution is -0.107. The number of thiol groups is 1. The summed E-state index contributed by atoms with van der Waals surface area (Å²) in [6.45, 7) is 0. The van der Waals surface area contributed by atoms with Crippen LogP contribution in [-0.4, -0.2) is 11.7 Å². The summed E-state index contributed by atoms with van der Waals surface area (Å²) >= 11 is 3.72. The van der Waals surface area contributed by atoms with E-state index >= 15 is 0 Å². The minimum atomic E-state index is -0.275. The minimum Gasteiger partial charge on any atom is -0.319 e. The molecule has 36 valence electrons. The lowest BCUT2D eigenvalue weighted by Crippen LogP contribution is -2.11. The second kappa shape index (κ2) is 3.18. The largest absolute Gasteiger partial charge is 0.319 e. The van der Waals surface area contributed by atoms with Crippen molar-refractivity contribution in [2.75, 3.05) is 0 Å². The van der Waals surface area contributed by atoms with E-state index in [1.54, 1.807) is 0 Å². The molecule has 0 fully saturated rings. The van der Waals surface area contributed by atoms with E-state index in [2.05, 4.69) is 12.6 Å². The van der Waals surface area contributed by atoms with Crippen LogP contribution >= 0.6 is 12.6 Å². The van der Waals surface area contributed by atoms with Gasteiger partial charge in [-0.05, 0) is 0 Å². The predicted octanol–water partition coefficient (Wildman–Crippen LogP) is -0.210. The number of carbonyl (C=O) groups excluding carboxylic acids is 1. The smallest absolute Gasteiger partial charge is 0.122 e. The Morgan fingerprint density at radius 2 is 2.50 bits per heavy atom. The SMILES string of the molecule is N[C@H](S)CC=O. The van der Waals surface area contributed by atoms with Crippen LogP contribution in [0.5, 0.6) is 0 Å². The van der Waals surface area contributed by atoms with Crippen molar-refractivity contribution in [2.24, 2.45) is 5.73 Å². The zero-order chi connectivity index (χ0) is 4.99. The Balaban J connectivity index is 2.81. The third kappa shape index (κ3) is 3.98. The maximum atomic E-state index is 9.49. The van der Waals surface area contributed by atoms with E-state index in [-0.39, 0.29) is 5.37 Å². The van der Waals surface area contributed by atoms with Gasteiger partial charge in [0.2, 0.25) is 0 Å². The molecular weight excluding hydrogens is 98.1 g/mol. The average Bonchev–Trinajstić information content (AvgIpc) is 1.35. The van der Waals surface area contributed by atoms with Gasteiger partial charge < -0.3 is 10.5 Å². The lowest BCUT2D eigenvalue weighted by atomic mass is 10.5. The first-order valence-electron chi connectivity index (χ1n) is 1.64. The van der Waals surface area contributed by atoms with E-state index in [9.17, 15) is 4.79 Å². The van der Waals surface area contributed by atoms with Crippen LogP contribution in [-0.2, 0) is 4.79 Å². The standard InChI is InChI=1S/C3H7NOS/c4-3(6)1-2-5/h2-3,6H,1,4H2/t3-/m1/s1. The molecule has 0 rings (SSSR count). The Morgan fingerprint density at radius 1 is 2.00 bits per heavy atom. The van der Waals surface area contributed by atoms with Crippen molar-refractivity contribution >= 4 is 18.9 Å². The van der Waals surface area contributed by atoms with E-state index in [1.165, 1.54) is 0 Å². The van der Waals surface area contributed by atoms with Crippen LogP contribution < -0.4 is 5.73 Å². The van der Waals surface area contributed by atoms with Gasteiger partial charge in [0.1, 0.15) is 6.29 Å². The monoisotopic (exact) mass is 105 g/mol. The highest BCUT2D eigenvalue weighted by atomic mass is 32.1. The predicted molar refractivity (Wildman–Crippen MR) is 27.6 cm³/mol. The Labute approximate surface area is 42.1 Å². The zero-order valence-corrected chi connectivity index (χ0v) is 4.19. The molecule has 2 N–H and O–H groups in total. The third-order valence-corrected chi connectivity index (χ3v) is 0.549. The van der Waals surface area contributed by atoms with Crippen LogP contribution in [0.1, 0.15) is 6.42 Å². The van der Waals surface area contributed by atoms with Gasteiger partial charge in [-0.25, -0.2) is 0 Å². The summed E-state index contributed by atoms with van der Waals surface area (Å²) in [5, 5.41) is -0.275. The molecular formula is C3H7NOS. The van der Waals surface area contributed by atoms with Gasteiger partial charge in [-0.15, -0.1) is 0 Å². The maximum Gasteiger partial charge on any atom is 0.122 e. The molecule has 0 amide bonds. The van der Waals surface area contributed by atoms with Crippen molar-refractivity contribution in [3.63, 3.8) is 0 Å². The van der Waals surface area contributed by atoms with Crippen molar-refractivity contribution in [3.05, 3.63) is 0 Å². The second-order valence-electron chi connectivity index (χ2n) is 0.970. The summed E-state index contributed by atoms with van der Waals surface area (Å²) in [6.07, 6.45) is 1.08. The Hall–Kier alpha value is -0.0200. The molecule has 0 aliphatic heterocycles. The molecule has 0 aromatic carbocycles. The second-order valence-corrected chi connectivity index (χ2v) is 1.63. The summed E-state index contributed by atoms with van der Waals surface area (Å²) in [5.74, 6) is 0. The van der Waals surface area contributed by atoms with Crippen molar-refractivity contribution in [2.45, 2.75) is 11.8 Å².